The Morgan fingerprint density at radius 1 is 1.47 bits per heavy atom. The fraction of sp³-hybridized carbons (Fsp3) is 0.615. The van der Waals surface area contributed by atoms with Crippen molar-refractivity contribution >= 4 is 0 Å². The predicted octanol–water partition coefficient (Wildman–Crippen LogP) is 0.672. The second kappa shape index (κ2) is 6.10. The lowest BCUT2D eigenvalue weighted by atomic mass is 10.1. The lowest BCUT2D eigenvalue weighted by Crippen LogP contribution is -2.51. The van der Waals surface area contributed by atoms with E-state index in [2.05, 4.69) is 28.9 Å². The van der Waals surface area contributed by atoms with E-state index in [-0.39, 0.29) is 6.10 Å². The molecule has 2 rings (SSSR count). The predicted molar refractivity (Wildman–Crippen MR) is 67.8 cm³/mol. The van der Waals surface area contributed by atoms with Crippen LogP contribution in [0, 0.1) is 0 Å². The van der Waals surface area contributed by atoms with Crippen molar-refractivity contribution in [1.82, 2.24) is 9.88 Å². The Balaban J connectivity index is 1.85. The van der Waals surface area contributed by atoms with Gasteiger partial charge in [-0.25, -0.2) is 0 Å². The van der Waals surface area contributed by atoms with Gasteiger partial charge in [-0.05, 0) is 31.0 Å². The maximum atomic E-state index is 5.66. The van der Waals surface area contributed by atoms with Crippen LogP contribution in [0.15, 0.2) is 24.5 Å². The third-order valence-corrected chi connectivity index (χ3v) is 3.33. The maximum Gasteiger partial charge on any atom is 0.0824 e. The smallest absolute Gasteiger partial charge is 0.0824 e. The highest BCUT2D eigenvalue weighted by molar-refractivity contribution is 5.10. The number of hydrogen-bond acceptors (Lipinski definition) is 4. The summed E-state index contributed by atoms with van der Waals surface area (Å²) in [6, 6.07) is 4.64. The largest absolute Gasteiger partial charge is 0.374 e. The van der Waals surface area contributed by atoms with E-state index in [0.717, 1.165) is 26.1 Å². The van der Waals surface area contributed by atoms with Gasteiger partial charge in [0.1, 0.15) is 0 Å². The first-order chi connectivity index (χ1) is 8.29. The van der Waals surface area contributed by atoms with Crippen LogP contribution in [-0.4, -0.2) is 48.3 Å². The van der Waals surface area contributed by atoms with E-state index in [1.54, 1.807) is 0 Å². The van der Waals surface area contributed by atoms with Crippen molar-refractivity contribution in [2.45, 2.75) is 25.5 Å². The van der Waals surface area contributed by atoms with Crippen molar-refractivity contribution in [3.63, 3.8) is 0 Å². The van der Waals surface area contributed by atoms with Crippen LogP contribution < -0.4 is 5.73 Å². The van der Waals surface area contributed by atoms with E-state index in [9.17, 15) is 0 Å². The Bertz CT molecular complexity index is 331. The van der Waals surface area contributed by atoms with Crippen molar-refractivity contribution in [2.24, 2.45) is 5.73 Å². The molecule has 2 atom stereocenters. The van der Waals surface area contributed by atoms with Gasteiger partial charge in [-0.1, -0.05) is 0 Å². The summed E-state index contributed by atoms with van der Waals surface area (Å²) in [5.74, 6) is 0. The molecule has 4 heteroatoms. The molecule has 0 saturated carbocycles. The van der Waals surface area contributed by atoms with Crippen molar-refractivity contribution < 1.29 is 4.74 Å². The summed E-state index contributed by atoms with van der Waals surface area (Å²) in [5, 5.41) is 0. The highest BCUT2D eigenvalue weighted by atomic mass is 16.5. The molecule has 0 aromatic carbocycles. The Hall–Kier alpha value is -0.970. The summed E-state index contributed by atoms with van der Waals surface area (Å²) in [5.41, 5.74) is 6.99. The summed E-state index contributed by atoms with van der Waals surface area (Å²) >= 11 is 0. The molecule has 0 radical (unpaired) electrons. The average molecular weight is 235 g/mol. The molecule has 4 nitrogen and oxygen atoms in total. The van der Waals surface area contributed by atoms with E-state index in [1.807, 2.05) is 12.4 Å². The third kappa shape index (κ3) is 3.49. The van der Waals surface area contributed by atoms with Gasteiger partial charge in [-0.2, -0.15) is 0 Å². The number of morpholine rings is 1. The van der Waals surface area contributed by atoms with E-state index >= 15 is 0 Å². The second-order valence-corrected chi connectivity index (χ2v) is 4.64. The van der Waals surface area contributed by atoms with Crippen molar-refractivity contribution in [3.05, 3.63) is 30.1 Å². The molecule has 2 heterocycles. The number of pyridine rings is 1. The number of ether oxygens (including phenoxy) is 1. The van der Waals surface area contributed by atoms with Crippen LogP contribution >= 0.6 is 0 Å². The monoisotopic (exact) mass is 235 g/mol. The molecule has 1 aliphatic heterocycles. The van der Waals surface area contributed by atoms with E-state index in [0.29, 0.717) is 12.6 Å². The molecule has 1 aromatic rings. The summed E-state index contributed by atoms with van der Waals surface area (Å²) < 4.78 is 5.64. The number of aromatic nitrogens is 1. The normalized spacial score (nSPS) is 26.0. The first-order valence-corrected chi connectivity index (χ1v) is 6.24. The topological polar surface area (TPSA) is 51.4 Å². The van der Waals surface area contributed by atoms with E-state index in [4.69, 9.17) is 10.5 Å². The molecule has 1 aliphatic rings. The number of nitrogens with zero attached hydrogens (tertiary/aromatic N) is 2. The van der Waals surface area contributed by atoms with Gasteiger partial charge in [0, 0.05) is 38.1 Å². The SMILES string of the molecule is CC1COC(CN)CN1CCc1ccncc1. The van der Waals surface area contributed by atoms with Crippen LogP contribution in [-0.2, 0) is 11.2 Å². The Labute approximate surface area is 103 Å². The molecular weight excluding hydrogens is 214 g/mol. The average Bonchev–Trinajstić information content (AvgIpc) is 2.39. The van der Waals surface area contributed by atoms with Crippen LogP contribution in [0.1, 0.15) is 12.5 Å². The van der Waals surface area contributed by atoms with Crippen LogP contribution in [0.4, 0.5) is 0 Å². The second-order valence-electron chi connectivity index (χ2n) is 4.64. The Morgan fingerprint density at radius 2 is 2.24 bits per heavy atom. The fourth-order valence-electron chi connectivity index (χ4n) is 2.15. The zero-order valence-corrected chi connectivity index (χ0v) is 10.4. The van der Waals surface area contributed by atoms with Crippen LogP contribution in [0.2, 0.25) is 0 Å². The standard InChI is InChI=1S/C13H21N3O/c1-11-10-17-13(8-14)9-16(11)7-4-12-2-5-15-6-3-12/h2-3,5-6,11,13H,4,7-10,14H2,1H3. The zero-order valence-electron chi connectivity index (χ0n) is 10.4. The van der Waals surface area contributed by atoms with Gasteiger partial charge in [0.15, 0.2) is 0 Å². The molecule has 0 spiro atoms. The lowest BCUT2D eigenvalue weighted by molar-refractivity contribution is -0.0529. The minimum absolute atomic E-state index is 0.198. The highest BCUT2D eigenvalue weighted by Crippen LogP contribution is 2.12. The number of hydrogen-bond donors (Lipinski definition) is 1. The van der Waals surface area contributed by atoms with Gasteiger partial charge in [0.05, 0.1) is 12.7 Å². The molecule has 0 aliphatic carbocycles. The highest BCUT2D eigenvalue weighted by Gasteiger charge is 2.24. The molecule has 0 amide bonds. The van der Waals surface area contributed by atoms with Crippen LogP contribution in [0.25, 0.3) is 0 Å². The molecule has 0 bridgehead atoms. The van der Waals surface area contributed by atoms with Crippen molar-refractivity contribution in [3.8, 4) is 0 Å². The molecule has 17 heavy (non-hydrogen) atoms. The Morgan fingerprint density at radius 3 is 2.94 bits per heavy atom. The summed E-state index contributed by atoms with van der Waals surface area (Å²) in [4.78, 5) is 6.49. The molecule has 2 N–H and O–H groups in total. The molecule has 1 fully saturated rings. The molecule has 1 saturated heterocycles. The number of rotatable bonds is 4. The van der Waals surface area contributed by atoms with Crippen molar-refractivity contribution in [2.75, 3.05) is 26.2 Å². The van der Waals surface area contributed by atoms with Crippen LogP contribution in [0.3, 0.4) is 0 Å². The van der Waals surface area contributed by atoms with Gasteiger partial charge in [-0.3, -0.25) is 9.88 Å². The lowest BCUT2D eigenvalue weighted by Gasteiger charge is -2.37. The third-order valence-electron chi connectivity index (χ3n) is 3.33. The summed E-state index contributed by atoms with van der Waals surface area (Å²) in [6.45, 7) is 5.61. The Kier molecular flexibility index (Phi) is 4.48. The minimum atomic E-state index is 0.198. The molecule has 2 unspecified atom stereocenters. The number of nitrogens with two attached hydrogens (primary N) is 1. The zero-order chi connectivity index (χ0) is 12.1. The van der Waals surface area contributed by atoms with Gasteiger partial charge < -0.3 is 10.5 Å². The summed E-state index contributed by atoms with van der Waals surface area (Å²) in [6.07, 6.45) is 4.95. The van der Waals surface area contributed by atoms with Gasteiger partial charge >= 0.3 is 0 Å². The minimum Gasteiger partial charge on any atom is -0.374 e. The van der Waals surface area contributed by atoms with Gasteiger partial charge in [0.2, 0.25) is 0 Å². The maximum absolute atomic E-state index is 5.66. The molecular formula is C13H21N3O. The first kappa shape index (κ1) is 12.5. The fourth-order valence-corrected chi connectivity index (χ4v) is 2.15. The summed E-state index contributed by atoms with van der Waals surface area (Å²) in [7, 11) is 0. The quantitative estimate of drug-likeness (QED) is 0.833. The van der Waals surface area contributed by atoms with Gasteiger partial charge in [-0.15, -0.1) is 0 Å². The molecule has 94 valence electrons. The van der Waals surface area contributed by atoms with Crippen LogP contribution in [0.5, 0.6) is 0 Å². The van der Waals surface area contributed by atoms with Gasteiger partial charge in [0.25, 0.3) is 0 Å². The van der Waals surface area contributed by atoms with E-state index in [1.165, 1.54) is 5.56 Å². The molecule has 1 aromatic heterocycles. The van der Waals surface area contributed by atoms with Crippen molar-refractivity contribution in [1.29, 1.82) is 0 Å². The van der Waals surface area contributed by atoms with E-state index < -0.39 is 0 Å². The first-order valence-electron chi connectivity index (χ1n) is 6.24.